The molecule has 0 aromatic heterocycles. The monoisotopic (exact) mass is 263 g/mol. The quantitative estimate of drug-likeness (QED) is 0.791. The first kappa shape index (κ1) is 16.0. The maximum absolute atomic E-state index is 6.18. The van der Waals surface area contributed by atoms with Crippen molar-refractivity contribution in [3.05, 3.63) is 29.3 Å². The van der Waals surface area contributed by atoms with E-state index in [1.165, 1.54) is 11.1 Å². The smallest absolute Gasteiger partial charge is 0.120 e. The molecule has 0 heterocycles. The molecule has 0 aliphatic rings. The number of ether oxygens (including phenoxy) is 1. The number of aryl methyl sites for hydroxylation is 1. The Morgan fingerprint density at radius 3 is 2.37 bits per heavy atom. The van der Waals surface area contributed by atoms with Crippen LogP contribution in [0.3, 0.4) is 0 Å². The third-order valence-corrected chi connectivity index (χ3v) is 3.65. The van der Waals surface area contributed by atoms with Crippen LogP contribution in [0.25, 0.3) is 0 Å². The van der Waals surface area contributed by atoms with E-state index in [1.807, 2.05) is 0 Å². The predicted octanol–water partition coefficient (Wildman–Crippen LogP) is 4.40. The van der Waals surface area contributed by atoms with E-state index < -0.39 is 0 Å². The Morgan fingerprint density at radius 2 is 1.89 bits per heavy atom. The number of hydrogen-bond donors (Lipinski definition) is 1. The largest absolute Gasteiger partial charge is 0.489 e. The Hall–Kier alpha value is -1.02. The predicted molar refractivity (Wildman–Crippen MR) is 82.9 cm³/mol. The molecule has 2 atom stereocenters. The highest BCUT2D eigenvalue weighted by atomic mass is 16.5. The minimum Gasteiger partial charge on any atom is -0.489 e. The molecule has 2 unspecified atom stereocenters. The maximum atomic E-state index is 6.18. The Bertz CT molecular complexity index is 387. The number of benzene rings is 1. The molecule has 0 radical (unpaired) electrons. The van der Waals surface area contributed by atoms with Gasteiger partial charge in [-0.2, -0.15) is 0 Å². The van der Waals surface area contributed by atoms with Gasteiger partial charge in [0.25, 0.3) is 0 Å². The molecule has 1 rings (SSSR count). The standard InChI is InChI=1S/C17H29NO/c1-6-8-16(18)17(7-2)19-14-9-10-15(12(3)4)13(5)11-14/h9-12,16-17H,6-8,18H2,1-5H3. The summed E-state index contributed by atoms with van der Waals surface area (Å²) in [5, 5.41) is 0. The second kappa shape index (κ2) is 7.54. The van der Waals surface area contributed by atoms with Crippen molar-refractivity contribution in [3.63, 3.8) is 0 Å². The summed E-state index contributed by atoms with van der Waals surface area (Å²) < 4.78 is 6.07. The average Bonchev–Trinajstić information content (AvgIpc) is 2.35. The lowest BCUT2D eigenvalue weighted by atomic mass is 9.98. The molecule has 2 nitrogen and oxygen atoms in total. The molecule has 0 saturated heterocycles. The highest BCUT2D eigenvalue weighted by molar-refractivity contribution is 5.36. The topological polar surface area (TPSA) is 35.2 Å². The second-order valence-electron chi connectivity index (χ2n) is 5.69. The van der Waals surface area contributed by atoms with Crippen LogP contribution >= 0.6 is 0 Å². The van der Waals surface area contributed by atoms with E-state index in [1.54, 1.807) is 0 Å². The zero-order valence-electron chi connectivity index (χ0n) is 13.1. The maximum Gasteiger partial charge on any atom is 0.120 e. The van der Waals surface area contributed by atoms with E-state index in [4.69, 9.17) is 10.5 Å². The van der Waals surface area contributed by atoms with Crippen LogP contribution in [0.5, 0.6) is 5.75 Å². The van der Waals surface area contributed by atoms with Gasteiger partial charge in [0, 0.05) is 6.04 Å². The van der Waals surface area contributed by atoms with E-state index >= 15 is 0 Å². The minimum atomic E-state index is 0.115. The Kier molecular flexibility index (Phi) is 6.36. The molecule has 0 fully saturated rings. The summed E-state index contributed by atoms with van der Waals surface area (Å²) in [6, 6.07) is 6.51. The zero-order chi connectivity index (χ0) is 14.4. The van der Waals surface area contributed by atoms with Crippen LogP contribution in [0.2, 0.25) is 0 Å². The molecule has 0 bridgehead atoms. The highest BCUT2D eigenvalue weighted by Gasteiger charge is 2.17. The molecule has 0 amide bonds. The van der Waals surface area contributed by atoms with Crippen molar-refractivity contribution in [2.24, 2.45) is 5.73 Å². The summed E-state index contributed by atoms with van der Waals surface area (Å²) in [7, 11) is 0. The van der Waals surface area contributed by atoms with Crippen LogP contribution in [0, 0.1) is 6.92 Å². The Balaban J connectivity index is 2.78. The first-order valence-electron chi connectivity index (χ1n) is 7.52. The molecule has 0 aliphatic heterocycles. The van der Waals surface area contributed by atoms with E-state index in [0.29, 0.717) is 5.92 Å². The van der Waals surface area contributed by atoms with Crippen LogP contribution in [0.1, 0.15) is 64.0 Å². The minimum absolute atomic E-state index is 0.115. The van der Waals surface area contributed by atoms with Crippen molar-refractivity contribution in [1.29, 1.82) is 0 Å². The lowest BCUT2D eigenvalue weighted by Gasteiger charge is -2.24. The van der Waals surface area contributed by atoms with Crippen molar-refractivity contribution in [2.75, 3.05) is 0 Å². The molecule has 1 aromatic rings. The van der Waals surface area contributed by atoms with Gasteiger partial charge in [-0.05, 0) is 48.9 Å². The van der Waals surface area contributed by atoms with Gasteiger partial charge in [0.05, 0.1) is 0 Å². The van der Waals surface area contributed by atoms with Crippen molar-refractivity contribution in [2.45, 2.75) is 71.9 Å². The van der Waals surface area contributed by atoms with Gasteiger partial charge in [-0.1, -0.05) is 40.2 Å². The number of rotatable bonds is 7. The first-order chi connectivity index (χ1) is 8.99. The number of hydrogen-bond acceptors (Lipinski definition) is 2. The van der Waals surface area contributed by atoms with E-state index in [2.05, 4.69) is 52.8 Å². The fourth-order valence-electron chi connectivity index (χ4n) is 2.54. The van der Waals surface area contributed by atoms with E-state index in [0.717, 1.165) is 25.0 Å². The van der Waals surface area contributed by atoms with Gasteiger partial charge in [-0.15, -0.1) is 0 Å². The van der Waals surface area contributed by atoms with Gasteiger partial charge in [0.1, 0.15) is 11.9 Å². The van der Waals surface area contributed by atoms with Crippen LogP contribution in [0.4, 0.5) is 0 Å². The Labute approximate surface area is 118 Å². The third kappa shape index (κ3) is 4.54. The Morgan fingerprint density at radius 1 is 1.21 bits per heavy atom. The fourth-order valence-corrected chi connectivity index (χ4v) is 2.54. The first-order valence-corrected chi connectivity index (χ1v) is 7.52. The van der Waals surface area contributed by atoms with Crippen LogP contribution in [-0.2, 0) is 0 Å². The summed E-state index contributed by atoms with van der Waals surface area (Å²) >= 11 is 0. The van der Waals surface area contributed by atoms with Gasteiger partial charge >= 0.3 is 0 Å². The van der Waals surface area contributed by atoms with Crippen molar-refractivity contribution < 1.29 is 4.74 Å². The molecular weight excluding hydrogens is 234 g/mol. The fraction of sp³-hybridized carbons (Fsp3) is 0.647. The normalized spacial score (nSPS) is 14.5. The zero-order valence-corrected chi connectivity index (χ0v) is 13.1. The van der Waals surface area contributed by atoms with Gasteiger partial charge < -0.3 is 10.5 Å². The summed E-state index contributed by atoms with van der Waals surface area (Å²) in [6.45, 7) is 10.9. The summed E-state index contributed by atoms with van der Waals surface area (Å²) in [5.74, 6) is 1.50. The summed E-state index contributed by atoms with van der Waals surface area (Å²) in [6.07, 6.45) is 3.18. The van der Waals surface area contributed by atoms with Crippen LogP contribution < -0.4 is 10.5 Å². The summed E-state index contributed by atoms with van der Waals surface area (Å²) in [5.41, 5.74) is 8.86. The lowest BCUT2D eigenvalue weighted by Crippen LogP contribution is -2.38. The van der Waals surface area contributed by atoms with E-state index in [-0.39, 0.29) is 12.1 Å². The molecule has 2 N–H and O–H groups in total. The van der Waals surface area contributed by atoms with Crippen molar-refractivity contribution in [1.82, 2.24) is 0 Å². The summed E-state index contributed by atoms with van der Waals surface area (Å²) in [4.78, 5) is 0. The highest BCUT2D eigenvalue weighted by Crippen LogP contribution is 2.25. The van der Waals surface area contributed by atoms with Crippen LogP contribution in [-0.4, -0.2) is 12.1 Å². The van der Waals surface area contributed by atoms with Gasteiger partial charge in [0.15, 0.2) is 0 Å². The van der Waals surface area contributed by atoms with Crippen molar-refractivity contribution >= 4 is 0 Å². The SMILES string of the molecule is CCCC(N)C(CC)Oc1ccc(C(C)C)c(C)c1. The molecule has 19 heavy (non-hydrogen) atoms. The van der Waals surface area contributed by atoms with Crippen molar-refractivity contribution in [3.8, 4) is 5.75 Å². The van der Waals surface area contributed by atoms with E-state index in [9.17, 15) is 0 Å². The molecule has 2 heteroatoms. The molecule has 0 saturated carbocycles. The molecule has 108 valence electrons. The van der Waals surface area contributed by atoms with Gasteiger partial charge in [0.2, 0.25) is 0 Å². The molecule has 1 aromatic carbocycles. The molecule has 0 spiro atoms. The van der Waals surface area contributed by atoms with Gasteiger partial charge in [-0.3, -0.25) is 0 Å². The second-order valence-corrected chi connectivity index (χ2v) is 5.69. The number of nitrogens with two attached hydrogens (primary N) is 1. The van der Waals surface area contributed by atoms with Gasteiger partial charge in [-0.25, -0.2) is 0 Å². The average molecular weight is 263 g/mol. The van der Waals surface area contributed by atoms with Crippen LogP contribution in [0.15, 0.2) is 18.2 Å². The third-order valence-electron chi connectivity index (χ3n) is 3.65. The lowest BCUT2D eigenvalue weighted by molar-refractivity contribution is 0.161. The molecule has 0 aliphatic carbocycles. The molecular formula is C17H29NO.